The fourth-order valence-electron chi connectivity index (χ4n) is 2.28. The Morgan fingerprint density at radius 3 is 2.67 bits per heavy atom. The van der Waals surface area contributed by atoms with Crippen molar-refractivity contribution in [1.82, 2.24) is 10.2 Å². The van der Waals surface area contributed by atoms with Crippen LogP contribution in [0.5, 0.6) is 0 Å². The lowest BCUT2D eigenvalue weighted by molar-refractivity contribution is 0.0661. The molecule has 1 aliphatic heterocycles. The predicted molar refractivity (Wildman–Crippen MR) is 82.3 cm³/mol. The molecule has 0 spiro atoms. The smallest absolute Gasteiger partial charge is 0.264 e. The van der Waals surface area contributed by atoms with E-state index in [0.717, 1.165) is 45.6 Å². The summed E-state index contributed by atoms with van der Waals surface area (Å²) in [5.74, 6) is 0.154. The molecule has 0 aromatic carbocycles. The van der Waals surface area contributed by atoms with Crippen molar-refractivity contribution in [2.24, 2.45) is 0 Å². The van der Waals surface area contributed by atoms with Crippen molar-refractivity contribution >= 4 is 49.1 Å². The van der Waals surface area contributed by atoms with Crippen LogP contribution >= 0.6 is 43.2 Å². The first-order valence-corrected chi connectivity index (χ1v) is 8.50. The molecule has 100 valence electrons. The lowest BCUT2D eigenvalue weighted by Crippen LogP contribution is -2.45. The Balaban J connectivity index is 2.13. The lowest BCUT2D eigenvalue weighted by atomic mass is 10.0. The fraction of sp³-hybridized carbons (Fsp3) is 0.583. The Hall–Kier alpha value is 0.0900. The number of hydrogen-bond acceptors (Lipinski definition) is 3. The lowest BCUT2D eigenvalue weighted by Gasteiger charge is -2.33. The van der Waals surface area contributed by atoms with E-state index in [9.17, 15) is 4.79 Å². The van der Waals surface area contributed by atoms with E-state index in [1.165, 1.54) is 11.3 Å². The van der Waals surface area contributed by atoms with E-state index < -0.39 is 0 Å². The van der Waals surface area contributed by atoms with Gasteiger partial charge in [0.05, 0.1) is 8.66 Å². The molecule has 1 aromatic rings. The van der Waals surface area contributed by atoms with Gasteiger partial charge in [0.25, 0.3) is 5.91 Å². The van der Waals surface area contributed by atoms with Gasteiger partial charge in [0.15, 0.2) is 0 Å². The molecule has 0 saturated carbocycles. The minimum atomic E-state index is 0.154. The number of thiophene rings is 1. The number of piperidine rings is 1. The zero-order valence-electron chi connectivity index (χ0n) is 10.2. The largest absolute Gasteiger partial charge is 0.335 e. The van der Waals surface area contributed by atoms with Gasteiger partial charge >= 0.3 is 0 Å². The first-order chi connectivity index (χ1) is 8.63. The van der Waals surface area contributed by atoms with Gasteiger partial charge in [0.2, 0.25) is 0 Å². The summed E-state index contributed by atoms with van der Waals surface area (Å²) >= 11 is 8.37. The highest BCUT2D eigenvalue weighted by Gasteiger charge is 2.26. The Labute approximate surface area is 128 Å². The van der Waals surface area contributed by atoms with E-state index >= 15 is 0 Å². The van der Waals surface area contributed by atoms with Crippen molar-refractivity contribution in [1.29, 1.82) is 0 Å². The Morgan fingerprint density at radius 2 is 2.17 bits per heavy atom. The van der Waals surface area contributed by atoms with Crippen LogP contribution in [-0.2, 0) is 0 Å². The molecule has 1 aromatic heterocycles. The van der Waals surface area contributed by atoms with Crippen LogP contribution in [0.25, 0.3) is 0 Å². The molecule has 1 amide bonds. The third-order valence-corrected chi connectivity index (χ3v) is 6.45. The normalized spacial score (nSPS) is 16.8. The van der Waals surface area contributed by atoms with Crippen molar-refractivity contribution in [3.05, 3.63) is 19.2 Å². The molecule has 6 heteroatoms. The highest BCUT2D eigenvalue weighted by molar-refractivity contribution is 9.13. The van der Waals surface area contributed by atoms with E-state index in [1.807, 2.05) is 11.0 Å². The SMILES string of the molecule is CCN(C(=O)c1cc(Br)c(Br)s1)C1CCNCC1. The molecule has 1 aliphatic rings. The van der Waals surface area contributed by atoms with Gasteiger partial charge in [-0.05, 0) is 70.8 Å². The molecule has 1 fully saturated rings. The number of carbonyl (C=O) groups is 1. The molecule has 0 unspecified atom stereocenters. The number of nitrogens with zero attached hydrogens (tertiary/aromatic N) is 1. The van der Waals surface area contributed by atoms with Crippen LogP contribution in [0.2, 0.25) is 0 Å². The van der Waals surface area contributed by atoms with Crippen molar-refractivity contribution in [2.45, 2.75) is 25.8 Å². The van der Waals surface area contributed by atoms with E-state index in [2.05, 4.69) is 44.1 Å². The first-order valence-electron chi connectivity index (χ1n) is 6.10. The van der Waals surface area contributed by atoms with Crippen molar-refractivity contribution in [2.75, 3.05) is 19.6 Å². The number of halogens is 2. The third kappa shape index (κ3) is 3.15. The van der Waals surface area contributed by atoms with Crippen LogP contribution < -0.4 is 5.32 Å². The number of rotatable bonds is 3. The van der Waals surface area contributed by atoms with E-state index in [1.54, 1.807) is 0 Å². The van der Waals surface area contributed by atoms with Gasteiger partial charge in [0, 0.05) is 17.1 Å². The maximum absolute atomic E-state index is 12.5. The minimum Gasteiger partial charge on any atom is -0.335 e. The number of amides is 1. The second-order valence-corrected chi connectivity index (χ2v) is 7.53. The molecule has 3 nitrogen and oxygen atoms in total. The molecule has 0 bridgehead atoms. The average Bonchev–Trinajstić information content (AvgIpc) is 2.72. The van der Waals surface area contributed by atoms with E-state index in [0.29, 0.717) is 6.04 Å². The van der Waals surface area contributed by atoms with E-state index in [-0.39, 0.29) is 5.91 Å². The molecule has 0 aliphatic carbocycles. The van der Waals surface area contributed by atoms with Gasteiger partial charge < -0.3 is 10.2 Å². The molecular weight excluding hydrogens is 380 g/mol. The summed E-state index contributed by atoms with van der Waals surface area (Å²) < 4.78 is 1.93. The second kappa shape index (κ2) is 6.50. The van der Waals surface area contributed by atoms with Crippen molar-refractivity contribution in [3.8, 4) is 0 Å². The minimum absolute atomic E-state index is 0.154. The second-order valence-electron chi connectivity index (χ2n) is 4.30. The summed E-state index contributed by atoms with van der Waals surface area (Å²) in [6.45, 7) is 4.84. The molecule has 0 atom stereocenters. The molecule has 0 radical (unpaired) electrons. The summed E-state index contributed by atoms with van der Waals surface area (Å²) in [7, 11) is 0. The van der Waals surface area contributed by atoms with Crippen LogP contribution in [0.1, 0.15) is 29.4 Å². The topological polar surface area (TPSA) is 32.3 Å². The van der Waals surface area contributed by atoms with Gasteiger partial charge in [-0.3, -0.25) is 4.79 Å². The Bertz CT molecular complexity index is 410. The van der Waals surface area contributed by atoms with Gasteiger partial charge in [-0.25, -0.2) is 0 Å². The summed E-state index contributed by atoms with van der Waals surface area (Å²) in [6, 6.07) is 2.28. The quantitative estimate of drug-likeness (QED) is 0.849. The zero-order chi connectivity index (χ0) is 13.1. The van der Waals surface area contributed by atoms with Crippen LogP contribution in [0.15, 0.2) is 14.3 Å². The average molecular weight is 396 g/mol. The molecule has 18 heavy (non-hydrogen) atoms. The van der Waals surface area contributed by atoms with Crippen LogP contribution in [0.3, 0.4) is 0 Å². The number of hydrogen-bond donors (Lipinski definition) is 1. The summed E-state index contributed by atoms with van der Waals surface area (Å²) in [4.78, 5) is 15.3. The standard InChI is InChI=1S/C12H16Br2N2OS/c1-2-16(8-3-5-15-6-4-8)12(17)10-7-9(13)11(14)18-10/h7-8,15H,2-6H2,1H3. The van der Waals surface area contributed by atoms with Crippen LogP contribution in [0.4, 0.5) is 0 Å². The van der Waals surface area contributed by atoms with Gasteiger partial charge in [0.1, 0.15) is 0 Å². The van der Waals surface area contributed by atoms with Crippen LogP contribution in [0, 0.1) is 0 Å². The van der Waals surface area contributed by atoms with Crippen LogP contribution in [-0.4, -0.2) is 36.5 Å². The van der Waals surface area contributed by atoms with Gasteiger partial charge in [-0.15, -0.1) is 11.3 Å². The molecular formula is C12H16Br2N2OS. The van der Waals surface area contributed by atoms with Crippen molar-refractivity contribution < 1.29 is 4.79 Å². The fourth-order valence-corrected chi connectivity index (χ4v) is 4.27. The predicted octanol–water partition coefficient (Wildman–Crippen LogP) is 3.49. The van der Waals surface area contributed by atoms with E-state index in [4.69, 9.17) is 0 Å². The number of carbonyl (C=O) groups excluding carboxylic acids is 1. The van der Waals surface area contributed by atoms with Gasteiger partial charge in [-0.1, -0.05) is 0 Å². The molecule has 1 N–H and O–H groups in total. The number of nitrogens with one attached hydrogen (secondary N) is 1. The maximum Gasteiger partial charge on any atom is 0.264 e. The highest BCUT2D eigenvalue weighted by atomic mass is 79.9. The Morgan fingerprint density at radius 1 is 1.50 bits per heavy atom. The monoisotopic (exact) mass is 394 g/mol. The van der Waals surface area contributed by atoms with Crippen molar-refractivity contribution in [3.63, 3.8) is 0 Å². The zero-order valence-corrected chi connectivity index (χ0v) is 14.2. The molecule has 1 saturated heterocycles. The highest BCUT2D eigenvalue weighted by Crippen LogP contribution is 2.33. The Kier molecular flexibility index (Phi) is 5.24. The summed E-state index contributed by atoms with van der Waals surface area (Å²) in [6.07, 6.45) is 2.10. The third-order valence-electron chi connectivity index (χ3n) is 3.21. The first kappa shape index (κ1) is 14.5. The van der Waals surface area contributed by atoms with Gasteiger partial charge in [-0.2, -0.15) is 0 Å². The maximum atomic E-state index is 12.5. The summed E-state index contributed by atoms with van der Waals surface area (Å²) in [5, 5.41) is 3.34. The summed E-state index contributed by atoms with van der Waals surface area (Å²) in [5.41, 5.74) is 0. The molecule has 2 heterocycles. The molecule has 2 rings (SSSR count).